The average Bonchev–Trinajstić information content (AvgIpc) is 2.06. The molecule has 12 heavy (non-hydrogen) atoms. The quantitative estimate of drug-likeness (QED) is 0.629. The van der Waals surface area contributed by atoms with Gasteiger partial charge in [0, 0.05) is 0 Å². The van der Waals surface area contributed by atoms with E-state index < -0.39 is 6.41 Å². The summed E-state index contributed by atoms with van der Waals surface area (Å²) in [5, 5.41) is 0. The van der Waals surface area contributed by atoms with Crippen LogP contribution in [0, 0.1) is 0 Å². The molecule has 76 valence electrons. The monoisotopic (exact) mass is 214 g/mol. The normalized spacial score (nSPS) is 15.6. The van der Waals surface area contributed by atoms with Crippen molar-refractivity contribution in [3.63, 3.8) is 0 Å². The zero-order valence-electron chi connectivity index (χ0n) is 8.47. The van der Waals surface area contributed by atoms with Crippen LogP contribution in [0.2, 0.25) is 0 Å². The maximum absolute atomic E-state index is 6.45. The SMILES string of the molecule is CCOP(Cl)(CC)(CC)OCC. The van der Waals surface area contributed by atoms with Crippen LogP contribution >= 0.6 is 17.7 Å². The third-order valence-corrected chi connectivity index (χ3v) is 8.11. The average molecular weight is 215 g/mol. The van der Waals surface area contributed by atoms with Crippen LogP contribution in [-0.4, -0.2) is 25.5 Å². The van der Waals surface area contributed by atoms with E-state index >= 15 is 0 Å². The van der Waals surface area contributed by atoms with Gasteiger partial charge in [0.15, 0.2) is 0 Å². The van der Waals surface area contributed by atoms with Gasteiger partial charge in [0.2, 0.25) is 0 Å². The molecule has 0 atom stereocenters. The number of halogens is 1. The Hall–Kier alpha value is 0.640. The zero-order valence-corrected chi connectivity index (χ0v) is 10.1. The summed E-state index contributed by atoms with van der Waals surface area (Å²) in [5.74, 6) is 0. The van der Waals surface area contributed by atoms with Crippen molar-refractivity contribution in [1.82, 2.24) is 0 Å². The first-order valence-corrected chi connectivity index (χ1v) is 7.92. The van der Waals surface area contributed by atoms with Gasteiger partial charge in [0.1, 0.15) is 0 Å². The van der Waals surface area contributed by atoms with Gasteiger partial charge < -0.3 is 0 Å². The Morgan fingerprint density at radius 1 is 0.917 bits per heavy atom. The Kier molecular flexibility index (Phi) is 5.01. The number of hydrogen-bond donors (Lipinski definition) is 0. The van der Waals surface area contributed by atoms with Crippen LogP contribution in [0.3, 0.4) is 0 Å². The van der Waals surface area contributed by atoms with Gasteiger partial charge in [-0.15, -0.1) is 0 Å². The van der Waals surface area contributed by atoms with Gasteiger partial charge in [-0.05, 0) is 0 Å². The van der Waals surface area contributed by atoms with E-state index in [1.165, 1.54) is 0 Å². The van der Waals surface area contributed by atoms with E-state index in [0.717, 1.165) is 12.3 Å². The van der Waals surface area contributed by atoms with Crippen LogP contribution < -0.4 is 0 Å². The van der Waals surface area contributed by atoms with E-state index in [4.69, 9.17) is 20.3 Å². The molecule has 0 heterocycles. The second kappa shape index (κ2) is 4.76. The molecule has 0 aromatic carbocycles. The summed E-state index contributed by atoms with van der Waals surface area (Å²) in [6.45, 7) is 9.22. The molecule has 0 amide bonds. The van der Waals surface area contributed by atoms with Gasteiger partial charge in [0.25, 0.3) is 0 Å². The first-order chi connectivity index (χ1) is 5.54. The molecular weight excluding hydrogens is 195 g/mol. The van der Waals surface area contributed by atoms with Gasteiger partial charge in [-0.1, -0.05) is 0 Å². The first kappa shape index (κ1) is 12.6. The molecule has 0 aliphatic heterocycles. The molecule has 0 aliphatic rings. The van der Waals surface area contributed by atoms with Crippen molar-refractivity contribution in [2.75, 3.05) is 25.5 Å². The molecule has 0 bridgehead atoms. The van der Waals surface area contributed by atoms with E-state index in [0.29, 0.717) is 13.2 Å². The molecule has 0 saturated carbocycles. The first-order valence-electron chi connectivity index (χ1n) is 4.57. The van der Waals surface area contributed by atoms with Crippen molar-refractivity contribution in [1.29, 1.82) is 0 Å². The summed E-state index contributed by atoms with van der Waals surface area (Å²) in [4.78, 5) is 0. The summed E-state index contributed by atoms with van der Waals surface area (Å²) in [7, 11) is 0. The molecule has 0 rings (SSSR count). The molecule has 0 aromatic rings. The Morgan fingerprint density at radius 2 is 1.25 bits per heavy atom. The molecule has 0 saturated heterocycles. The molecule has 4 heteroatoms. The third-order valence-electron chi connectivity index (χ3n) is 2.03. The van der Waals surface area contributed by atoms with Gasteiger partial charge in [-0.25, -0.2) is 0 Å². The zero-order chi connectivity index (χ0) is 9.69. The predicted octanol–water partition coefficient (Wildman–Crippen LogP) is 3.64. The van der Waals surface area contributed by atoms with Crippen molar-refractivity contribution in [2.24, 2.45) is 0 Å². The van der Waals surface area contributed by atoms with Crippen LogP contribution in [0.4, 0.5) is 0 Å². The van der Waals surface area contributed by atoms with E-state index in [-0.39, 0.29) is 0 Å². The molecular formula is C8H20ClO2P. The molecule has 0 aromatic heterocycles. The molecule has 2 nitrogen and oxygen atoms in total. The Balaban J connectivity index is 4.50. The molecule has 0 N–H and O–H groups in total. The van der Waals surface area contributed by atoms with Crippen LogP contribution in [0.5, 0.6) is 0 Å². The Morgan fingerprint density at radius 3 is 1.42 bits per heavy atom. The maximum atomic E-state index is 6.45. The van der Waals surface area contributed by atoms with Gasteiger partial charge in [-0.3, -0.25) is 0 Å². The Bertz CT molecular complexity index is 127. The molecule has 0 unspecified atom stereocenters. The summed E-state index contributed by atoms with van der Waals surface area (Å²) in [6.07, 6.45) is -1.17. The Labute approximate surface area is 80.5 Å². The topological polar surface area (TPSA) is 18.5 Å². The van der Waals surface area contributed by atoms with E-state index in [9.17, 15) is 0 Å². The van der Waals surface area contributed by atoms with Gasteiger partial charge >= 0.3 is 79.9 Å². The number of rotatable bonds is 6. The van der Waals surface area contributed by atoms with Crippen LogP contribution in [-0.2, 0) is 9.05 Å². The molecule has 0 fully saturated rings. The summed E-state index contributed by atoms with van der Waals surface area (Å²) >= 11 is 6.45. The molecule has 0 spiro atoms. The van der Waals surface area contributed by atoms with Gasteiger partial charge in [-0.2, -0.15) is 0 Å². The van der Waals surface area contributed by atoms with E-state index in [2.05, 4.69) is 0 Å². The summed E-state index contributed by atoms with van der Waals surface area (Å²) < 4.78 is 11.3. The van der Waals surface area contributed by atoms with Gasteiger partial charge in [0.05, 0.1) is 0 Å². The second-order valence-corrected chi connectivity index (χ2v) is 9.09. The fraction of sp³-hybridized carbons (Fsp3) is 1.00. The van der Waals surface area contributed by atoms with Crippen molar-refractivity contribution >= 4 is 17.7 Å². The third kappa shape index (κ3) is 2.85. The number of hydrogen-bond acceptors (Lipinski definition) is 2. The minimum atomic E-state index is -2.74. The predicted molar refractivity (Wildman–Crippen MR) is 57.1 cm³/mol. The fourth-order valence-electron chi connectivity index (χ4n) is 1.19. The van der Waals surface area contributed by atoms with Crippen molar-refractivity contribution in [3.05, 3.63) is 0 Å². The van der Waals surface area contributed by atoms with Crippen LogP contribution in [0.25, 0.3) is 0 Å². The van der Waals surface area contributed by atoms with E-state index in [1.807, 2.05) is 27.7 Å². The minimum absolute atomic E-state index is 0.628. The molecule has 0 aliphatic carbocycles. The summed E-state index contributed by atoms with van der Waals surface area (Å²) in [6, 6.07) is 0. The second-order valence-electron chi connectivity index (χ2n) is 2.66. The standard InChI is InChI=1S/C8H20ClO2P/c1-5-10-12(9,7-3,8-4)11-6-2/h5-8H2,1-4H3. The van der Waals surface area contributed by atoms with Crippen LogP contribution in [0.15, 0.2) is 0 Å². The summed E-state index contributed by atoms with van der Waals surface area (Å²) in [5.41, 5.74) is 0. The van der Waals surface area contributed by atoms with E-state index in [1.54, 1.807) is 0 Å². The van der Waals surface area contributed by atoms with Crippen molar-refractivity contribution in [2.45, 2.75) is 27.7 Å². The van der Waals surface area contributed by atoms with Crippen molar-refractivity contribution < 1.29 is 9.05 Å². The fourth-order valence-corrected chi connectivity index (χ4v) is 4.17. The van der Waals surface area contributed by atoms with Crippen LogP contribution in [0.1, 0.15) is 27.7 Å². The van der Waals surface area contributed by atoms with Crippen molar-refractivity contribution in [3.8, 4) is 0 Å². The molecule has 0 radical (unpaired) electrons.